The van der Waals surface area contributed by atoms with Gasteiger partial charge in [0.2, 0.25) is 0 Å². The van der Waals surface area contributed by atoms with Gasteiger partial charge in [0.25, 0.3) is 0 Å². The summed E-state index contributed by atoms with van der Waals surface area (Å²) in [7, 11) is -1.44. The van der Waals surface area contributed by atoms with Crippen LogP contribution in [-0.4, -0.2) is 25.8 Å². The second kappa shape index (κ2) is 9.01. The van der Waals surface area contributed by atoms with Crippen molar-refractivity contribution in [2.75, 3.05) is 5.32 Å². The van der Waals surface area contributed by atoms with E-state index in [1.165, 1.54) is 30.3 Å². The number of H-pyrrole nitrogens is 1. The molecule has 164 valence electrons. The third-order valence-electron chi connectivity index (χ3n) is 4.17. The number of hydrogen-bond donors (Lipinski definition) is 2. The number of aromatic nitrogens is 3. The molecule has 0 amide bonds. The minimum atomic E-state index is -4.75. The zero-order chi connectivity index (χ0) is 22.7. The number of hydrogen-bond acceptors (Lipinski definition) is 5. The standard InChI is InChI=1S/C21H14ClF3N4O2S/c22-18-10-16(32(30)15-4-2-1-3-5-15)11-19(26-18)27-20-12-17(28-29-20)13-6-8-14(9-7-13)31-21(23,24)25/h1-12H,(H2,26,27,28,29). The fourth-order valence-corrected chi connectivity index (χ4v) is 4.21. The first-order valence-electron chi connectivity index (χ1n) is 9.10. The first kappa shape index (κ1) is 21.8. The van der Waals surface area contributed by atoms with Crippen molar-refractivity contribution in [3.8, 4) is 17.0 Å². The lowest BCUT2D eigenvalue weighted by molar-refractivity contribution is -0.274. The normalized spacial score (nSPS) is 12.4. The average Bonchev–Trinajstić information content (AvgIpc) is 3.21. The highest BCUT2D eigenvalue weighted by Gasteiger charge is 2.31. The zero-order valence-corrected chi connectivity index (χ0v) is 17.6. The van der Waals surface area contributed by atoms with Crippen LogP contribution >= 0.6 is 11.6 Å². The van der Waals surface area contributed by atoms with Crippen LogP contribution in [0.2, 0.25) is 5.15 Å². The number of aromatic amines is 1. The Kier molecular flexibility index (Phi) is 6.15. The second-order valence-electron chi connectivity index (χ2n) is 6.46. The molecule has 0 aliphatic heterocycles. The molecule has 0 radical (unpaired) electrons. The van der Waals surface area contributed by atoms with Crippen LogP contribution in [0.4, 0.5) is 24.8 Å². The van der Waals surface area contributed by atoms with Crippen LogP contribution in [0.3, 0.4) is 0 Å². The van der Waals surface area contributed by atoms with E-state index in [4.69, 9.17) is 11.6 Å². The van der Waals surface area contributed by atoms with Crippen LogP contribution in [0.15, 0.2) is 82.6 Å². The molecule has 4 aromatic rings. The summed E-state index contributed by atoms with van der Waals surface area (Å²) >= 11 is 6.10. The summed E-state index contributed by atoms with van der Waals surface area (Å²) in [5.41, 5.74) is 1.16. The van der Waals surface area contributed by atoms with Gasteiger partial charge in [-0.15, -0.1) is 13.2 Å². The van der Waals surface area contributed by atoms with Gasteiger partial charge in [-0.05, 0) is 54.1 Å². The van der Waals surface area contributed by atoms with E-state index >= 15 is 0 Å². The summed E-state index contributed by atoms with van der Waals surface area (Å²) in [5, 5.41) is 10.1. The van der Waals surface area contributed by atoms with E-state index in [0.29, 0.717) is 32.7 Å². The summed E-state index contributed by atoms with van der Waals surface area (Å²) < 4.78 is 53.6. The van der Waals surface area contributed by atoms with E-state index in [-0.39, 0.29) is 10.9 Å². The average molecular weight is 479 g/mol. The molecule has 0 bridgehead atoms. The van der Waals surface area contributed by atoms with Gasteiger partial charge in [0.15, 0.2) is 5.82 Å². The van der Waals surface area contributed by atoms with E-state index in [2.05, 4.69) is 25.2 Å². The third kappa shape index (κ3) is 5.45. The summed E-state index contributed by atoms with van der Waals surface area (Å²) in [6, 6.07) is 19.1. The molecule has 0 aliphatic carbocycles. The van der Waals surface area contributed by atoms with Gasteiger partial charge in [-0.3, -0.25) is 5.10 Å². The first-order valence-corrected chi connectivity index (χ1v) is 10.6. The van der Waals surface area contributed by atoms with Crippen molar-refractivity contribution >= 4 is 34.0 Å². The molecule has 4 rings (SSSR count). The lowest BCUT2D eigenvalue weighted by Gasteiger charge is -2.08. The van der Waals surface area contributed by atoms with Crippen molar-refractivity contribution in [1.82, 2.24) is 15.2 Å². The molecular formula is C21H14ClF3N4O2S. The van der Waals surface area contributed by atoms with Crippen LogP contribution in [-0.2, 0) is 10.8 Å². The second-order valence-corrected chi connectivity index (χ2v) is 8.32. The summed E-state index contributed by atoms with van der Waals surface area (Å²) in [4.78, 5) is 5.27. The number of ether oxygens (including phenoxy) is 1. The van der Waals surface area contributed by atoms with Gasteiger partial charge in [0, 0.05) is 11.0 Å². The SMILES string of the molecule is O=S(c1ccccc1)c1cc(Cl)nc(Nc2cc(-c3ccc(OC(F)(F)F)cc3)[nH]n2)c1. The maximum atomic E-state index is 12.8. The molecule has 2 aromatic heterocycles. The van der Waals surface area contributed by atoms with E-state index in [1.54, 1.807) is 36.4 Å². The highest BCUT2D eigenvalue weighted by molar-refractivity contribution is 7.85. The topological polar surface area (TPSA) is 79.9 Å². The van der Waals surface area contributed by atoms with Crippen LogP contribution in [0.5, 0.6) is 5.75 Å². The summed E-state index contributed by atoms with van der Waals surface area (Å²) in [6.07, 6.45) is -4.75. The fraction of sp³-hybridized carbons (Fsp3) is 0.0476. The number of anilines is 2. The lowest BCUT2D eigenvalue weighted by atomic mass is 10.1. The van der Waals surface area contributed by atoms with Gasteiger partial charge < -0.3 is 10.1 Å². The Bertz CT molecular complexity index is 1250. The molecule has 0 spiro atoms. The van der Waals surface area contributed by atoms with E-state index in [9.17, 15) is 17.4 Å². The van der Waals surface area contributed by atoms with Crippen molar-refractivity contribution in [1.29, 1.82) is 0 Å². The van der Waals surface area contributed by atoms with Gasteiger partial charge in [-0.25, -0.2) is 9.19 Å². The molecule has 0 fully saturated rings. The number of halogens is 4. The molecule has 6 nitrogen and oxygen atoms in total. The Morgan fingerprint density at radius 2 is 1.66 bits per heavy atom. The van der Waals surface area contributed by atoms with E-state index in [0.717, 1.165) is 0 Å². The highest BCUT2D eigenvalue weighted by Crippen LogP contribution is 2.28. The van der Waals surface area contributed by atoms with E-state index in [1.807, 2.05) is 6.07 Å². The minimum absolute atomic E-state index is 0.158. The first-order chi connectivity index (χ1) is 15.3. The van der Waals surface area contributed by atoms with Gasteiger partial charge in [0.1, 0.15) is 16.7 Å². The van der Waals surface area contributed by atoms with Crippen LogP contribution in [0.25, 0.3) is 11.3 Å². The maximum absolute atomic E-state index is 12.8. The molecule has 2 N–H and O–H groups in total. The van der Waals surface area contributed by atoms with Crippen molar-refractivity contribution in [2.24, 2.45) is 0 Å². The molecule has 32 heavy (non-hydrogen) atoms. The van der Waals surface area contributed by atoms with Crippen molar-refractivity contribution in [3.63, 3.8) is 0 Å². The van der Waals surface area contributed by atoms with Crippen molar-refractivity contribution in [3.05, 3.63) is 77.9 Å². The predicted octanol–water partition coefficient (Wildman–Crippen LogP) is 5.93. The molecule has 1 unspecified atom stereocenters. The number of alkyl halides is 3. The van der Waals surface area contributed by atoms with Crippen molar-refractivity contribution < 1.29 is 22.1 Å². The molecule has 11 heteroatoms. The fourth-order valence-electron chi connectivity index (χ4n) is 2.83. The molecule has 2 heterocycles. The Labute approximate surface area is 187 Å². The molecule has 1 atom stereocenters. The Hall–Kier alpha value is -3.37. The van der Waals surface area contributed by atoms with Crippen LogP contribution < -0.4 is 10.1 Å². The number of nitrogens with one attached hydrogen (secondary N) is 2. The minimum Gasteiger partial charge on any atom is -0.406 e. The Balaban J connectivity index is 1.51. The van der Waals surface area contributed by atoms with Crippen molar-refractivity contribution in [2.45, 2.75) is 16.2 Å². The largest absolute Gasteiger partial charge is 0.573 e. The number of nitrogens with zero attached hydrogens (tertiary/aromatic N) is 2. The molecule has 0 saturated heterocycles. The highest BCUT2D eigenvalue weighted by atomic mass is 35.5. The van der Waals surface area contributed by atoms with Gasteiger partial charge in [-0.2, -0.15) is 5.10 Å². The smallest absolute Gasteiger partial charge is 0.406 e. The Morgan fingerprint density at radius 1 is 0.938 bits per heavy atom. The zero-order valence-electron chi connectivity index (χ0n) is 16.1. The predicted molar refractivity (Wildman–Crippen MR) is 114 cm³/mol. The molecule has 0 saturated carbocycles. The van der Waals surface area contributed by atoms with E-state index < -0.39 is 17.2 Å². The lowest BCUT2D eigenvalue weighted by Crippen LogP contribution is -2.16. The van der Waals surface area contributed by atoms with Crippen LogP contribution in [0, 0.1) is 0 Å². The van der Waals surface area contributed by atoms with Gasteiger partial charge in [-0.1, -0.05) is 29.8 Å². The molecular weight excluding hydrogens is 465 g/mol. The number of rotatable bonds is 6. The number of pyridine rings is 1. The summed E-state index contributed by atoms with van der Waals surface area (Å²) in [6.45, 7) is 0. The molecule has 2 aromatic carbocycles. The number of benzene rings is 2. The Morgan fingerprint density at radius 3 is 2.34 bits per heavy atom. The van der Waals surface area contributed by atoms with Crippen LogP contribution in [0.1, 0.15) is 0 Å². The molecule has 0 aliphatic rings. The maximum Gasteiger partial charge on any atom is 0.573 e. The third-order valence-corrected chi connectivity index (χ3v) is 5.73. The quantitative estimate of drug-likeness (QED) is 0.335. The van der Waals surface area contributed by atoms with Gasteiger partial charge in [0.05, 0.1) is 21.4 Å². The summed E-state index contributed by atoms with van der Waals surface area (Å²) in [5.74, 6) is 0.409. The van der Waals surface area contributed by atoms with Gasteiger partial charge >= 0.3 is 6.36 Å². The monoisotopic (exact) mass is 478 g/mol.